The van der Waals surface area contributed by atoms with Gasteiger partial charge in [-0.25, -0.2) is 4.79 Å². The molecule has 1 aromatic heterocycles. The molecule has 1 saturated carbocycles. The SMILES string of the molecule is Cc1c(C(F)(F)F)nn(C)c1NC(=O)N[C@H]1[C@H](c2ccccc2)C1(C)C. The average Bonchev–Trinajstić information content (AvgIpc) is 2.95. The van der Waals surface area contributed by atoms with Crippen LogP contribution >= 0.6 is 0 Å². The molecule has 1 aliphatic carbocycles. The number of hydrogen-bond donors (Lipinski definition) is 2. The Bertz CT molecular complexity index is 827. The zero-order chi connectivity index (χ0) is 19.3. The predicted octanol–water partition coefficient (Wildman–Crippen LogP) is 4.06. The van der Waals surface area contributed by atoms with Gasteiger partial charge in [0.2, 0.25) is 0 Å². The lowest BCUT2D eigenvalue weighted by atomic mass is 10.0. The minimum Gasteiger partial charge on any atom is -0.334 e. The molecule has 26 heavy (non-hydrogen) atoms. The van der Waals surface area contributed by atoms with Gasteiger partial charge in [-0.1, -0.05) is 44.2 Å². The number of anilines is 1. The highest BCUT2D eigenvalue weighted by molar-refractivity contribution is 5.90. The van der Waals surface area contributed by atoms with Crippen LogP contribution in [0, 0.1) is 12.3 Å². The number of hydrogen-bond acceptors (Lipinski definition) is 2. The summed E-state index contributed by atoms with van der Waals surface area (Å²) in [6, 6.07) is 9.19. The Morgan fingerprint density at radius 2 is 1.85 bits per heavy atom. The molecule has 1 heterocycles. The highest BCUT2D eigenvalue weighted by Crippen LogP contribution is 2.58. The first-order valence-corrected chi connectivity index (χ1v) is 8.26. The second-order valence-electron chi connectivity index (χ2n) is 7.23. The quantitative estimate of drug-likeness (QED) is 0.861. The summed E-state index contributed by atoms with van der Waals surface area (Å²) in [6.07, 6.45) is -4.56. The van der Waals surface area contributed by atoms with Crippen LogP contribution in [0.5, 0.6) is 0 Å². The molecule has 140 valence electrons. The van der Waals surface area contributed by atoms with Gasteiger partial charge in [0.1, 0.15) is 5.82 Å². The van der Waals surface area contributed by atoms with Gasteiger partial charge in [0.25, 0.3) is 0 Å². The van der Waals surface area contributed by atoms with Gasteiger partial charge in [-0.15, -0.1) is 0 Å². The van der Waals surface area contributed by atoms with E-state index in [0.717, 1.165) is 10.2 Å². The van der Waals surface area contributed by atoms with Crippen molar-refractivity contribution in [1.82, 2.24) is 15.1 Å². The molecule has 2 aromatic rings. The Kier molecular flexibility index (Phi) is 4.24. The number of nitrogens with zero attached hydrogens (tertiary/aromatic N) is 2. The molecule has 1 fully saturated rings. The van der Waals surface area contributed by atoms with Crippen molar-refractivity contribution in [3.05, 3.63) is 47.2 Å². The van der Waals surface area contributed by atoms with Crippen molar-refractivity contribution in [1.29, 1.82) is 0 Å². The predicted molar refractivity (Wildman–Crippen MR) is 91.9 cm³/mol. The van der Waals surface area contributed by atoms with E-state index in [0.29, 0.717) is 0 Å². The molecule has 0 saturated heterocycles. The molecule has 0 bridgehead atoms. The second kappa shape index (κ2) is 6.03. The minimum atomic E-state index is -4.56. The van der Waals surface area contributed by atoms with Crippen LogP contribution in [0.4, 0.5) is 23.8 Å². The average molecular weight is 366 g/mol. The summed E-state index contributed by atoms with van der Waals surface area (Å²) in [4.78, 5) is 12.3. The van der Waals surface area contributed by atoms with Crippen molar-refractivity contribution < 1.29 is 18.0 Å². The van der Waals surface area contributed by atoms with Gasteiger partial charge in [-0.3, -0.25) is 10.00 Å². The molecule has 2 atom stereocenters. The zero-order valence-corrected chi connectivity index (χ0v) is 15.0. The summed E-state index contributed by atoms with van der Waals surface area (Å²) in [5.74, 6) is 0.192. The third kappa shape index (κ3) is 3.15. The first-order chi connectivity index (χ1) is 12.0. The number of benzene rings is 1. The van der Waals surface area contributed by atoms with E-state index in [-0.39, 0.29) is 28.8 Å². The molecule has 8 heteroatoms. The molecule has 0 unspecified atom stereocenters. The summed E-state index contributed by atoms with van der Waals surface area (Å²) >= 11 is 0. The fourth-order valence-corrected chi connectivity index (χ4v) is 3.55. The van der Waals surface area contributed by atoms with Crippen LogP contribution in [0.1, 0.15) is 36.6 Å². The normalized spacial score (nSPS) is 21.3. The number of amides is 2. The van der Waals surface area contributed by atoms with E-state index in [1.165, 1.54) is 14.0 Å². The van der Waals surface area contributed by atoms with Gasteiger partial charge in [0, 0.05) is 24.6 Å². The molecular weight excluding hydrogens is 345 g/mol. The van der Waals surface area contributed by atoms with Crippen LogP contribution in [-0.2, 0) is 13.2 Å². The number of alkyl halides is 3. The number of rotatable bonds is 3. The monoisotopic (exact) mass is 366 g/mol. The number of nitrogens with one attached hydrogen (secondary N) is 2. The topological polar surface area (TPSA) is 59.0 Å². The highest BCUT2D eigenvalue weighted by atomic mass is 19.4. The van der Waals surface area contributed by atoms with Crippen molar-refractivity contribution in [3.63, 3.8) is 0 Å². The Hall–Kier alpha value is -2.51. The van der Waals surface area contributed by atoms with Crippen LogP contribution in [-0.4, -0.2) is 21.9 Å². The fraction of sp³-hybridized carbons (Fsp3) is 0.444. The van der Waals surface area contributed by atoms with Crippen LogP contribution < -0.4 is 10.6 Å². The molecule has 1 aromatic carbocycles. The van der Waals surface area contributed by atoms with Crippen molar-refractivity contribution in [2.24, 2.45) is 12.5 Å². The number of halogens is 3. The maximum absolute atomic E-state index is 12.9. The molecular formula is C18H21F3N4O. The zero-order valence-electron chi connectivity index (χ0n) is 15.0. The van der Waals surface area contributed by atoms with Gasteiger partial charge in [0.05, 0.1) is 0 Å². The van der Waals surface area contributed by atoms with E-state index in [2.05, 4.69) is 15.7 Å². The third-order valence-corrected chi connectivity index (χ3v) is 5.06. The number of carbonyl (C=O) groups excluding carboxylic acids is 1. The van der Waals surface area contributed by atoms with Gasteiger partial charge >= 0.3 is 12.2 Å². The van der Waals surface area contributed by atoms with E-state index in [1.807, 2.05) is 44.2 Å². The van der Waals surface area contributed by atoms with Crippen molar-refractivity contribution in [3.8, 4) is 0 Å². The smallest absolute Gasteiger partial charge is 0.334 e. The molecule has 3 rings (SSSR count). The Morgan fingerprint density at radius 1 is 1.23 bits per heavy atom. The van der Waals surface area contributed by atoms with E-state index in [4.69, 9.17) is 0 Å². The molecule has 2 N–H and O–H groups in total. The van der Waals surface area contributed by atoms with E-state index < -0.39 is 17.9 Å². The van der Waals surface area contributed by atoms with Crippen molar-refractivity contribution in [2.45, 2.75) is 38.9 Å². The molecule has 0 aliphatic heterocycles. The van der Waals surface area contributed by atoms with Crippen LogP contribution in [0.2, 0.25) is 0 Å². The third-order valence-electron chi connectivity index (χ3n) is 5.06. The first-order valence-electron chi connectivity index (χ1n) is 8.26. The molecule has 2 amide bonds. The molecule has 0 radical (unpaired) electrons. The minimum absolute atomic E-state index is 0.0320. The molecule has 0 spiro atoms. The molecule has 5 nitrogen and oxygen atoms in total. The van der Waals surface area contributed by atoms with Gasteiger partial charge < -0.3 is 5.32 Å². The van der Waals surface area contributed by atoms with Gasteiger partial charge in [0.15, 0.2) is 5.69 Å². The fourth-order valence-electron chi connectivity index (χ4n) is 3.55. The Balaban J connectivity index is 1.72. The van der Waals surface area contributed by atoms with Crippen molar-refractivity contribution >= 4 is 11.8 Å². The number of carbonyl (C=O) groups is 1. The number of aryl methyl sites for hydroxylation is 1. The largest absolute Gasteiger partial charge is 0.435 e. The number of urea groups is 1. The maximum atomic E-state index is 12.9. The summed E-state index contributed by atoms with van der Waals surface area (Å²) in [7, 11) is 1.37. The van der Waals surface area contributed by atoms with Crippen LogP contribution in [0.15, 0.2) is 30.3 Å². The van der Waals surface area contributed by atoms with E-state index in [1.54, 1.807) is 0 Å². The van der Waals surface area contributed by atoms with Gasteiger partial charge in [-0.05, 0) is 17.9 Å². The highest BCUT2D eigenvalue weighted by Gasteiger charge is 2.59. The lowest BCUT2D eigenvalue weighted by molar-refractivity contribution is -0.141. The van der Waals surface area contributed by atoms with E-state index >= 15 is 0 Å². The first kappa shape index (κ1) is 18.3. The van der Waals surface area contributed by atoms with Crippen LogP contribution in [0.25, 0.3) is 0 Å². The maximum Gasteiger partial charge on any atom is 0.435 e. The standard InChI is InChI=1S/C18H21F3N4O/c1-10-13(18(19,20)21)24-25(4)15(10)23-16(26)22-14-12(17(14,2)3)11-8-6-5-7-9-11/h5-9,12,14H,1-4H3,(H2,22,23,26)/t12-,14-/m0/s1. The van der Waals surface area contributed by atoms with Crippen molar-refractivity contribution in [2.75, 3.05) is 5.32 Å². The summed E-state index contributed by atoms with van der Waals surface area (Å²) in [5, 5.41) is 8.84. The van der Waals surface area contributed by atoms with E-state index in [9.17, 15) is 18.0 Å². The number of aromatic nitrogens is 2. The summed E-state index contributed by atoms with van der Waals surface area (Å²) < 4.78 is 39.8. The summed E-state index contributed by atoms with van der Waals surface area (Å²) in [5.41, 5.74) is -0.106. The van der Waals surface area contributed by atoms with Gasteiger partial charge in [-0.2, -0.15) is 18.3 Å². The Labute approximate surface area is 149 Å². The lowest BCUT2D eigenvalue weighted by Crippen LogP contribution is -2.33. The van der Waals surface area contributed by atoms with Crippen LogP contribution in [0.3, 0.4) is 0 Å². The summed E-state index contributed by atoms with van der Waals surface area (Å²) in [6.45, 7) is 5.39. The Morgan fingerprint density at radius 3 is 2.38 bits per heavy atom. The lowest BCUT2D eigenvalue weighted by Gasteiger charge is -2.10. The second-order valence-corrected chi connectivity index (χ2v) is 7.23. The molecule has 1 aliphatic rings.